The molecule has 1 heterocycles. The number of nitrogens with zero attached hydrogens (tertiary/aromatic N) is 2. The smallest absolute Gasteiger partial charge is 0.160 e. The van der Waals surface area contributed by atoms with Crippen molar-refractivity contribution in [3.8, 4) is 0 Å². The molecule has 0 radical (unpaired) electrons. The molecule has 0 aliphatic carbocycles. The Balaban J connectivity index is 0.000000236. The molecule has 5 nitrogen and oxygen atoms in total. The van der Waals surface area contributed by atoms with E-state index in [1.165, 1.54) is 16.7 Å². The lowest BCUT2D eigenvalue weighted by molar-refractivity contribution is 0.312. The topological polar surface area (TPSA) is 79.1 Å². The van der Waals surface area contributed by atoms with Crippen molar-refractivity contribution in [2.45, 2.75) is 0 Å². The van der Waals surface area contributed by atoms with Crippen LogP contribution in [0.3, 0.4) is 0 Å². The summed E-state index contributed by atoms with van der Waals surface area (Å²) in [5, 5.41) is 12.9. The van der Waals surface area contributed by atoms with Crippen molar-refractivity contribution < 1.29 is 5.21 Å². The van der Waals surface area contributed by atoms with E-state index in [9.17, 15) is 4.91 Å². The van der Waals surface area contributed by atoms with Gasteiger partial charge in [0.25, 0.3) is 0 Å². The third kappa shape index (κ3) is 3.67. The molecular weight excluding hydrogens is 156 g/mol. The first-order chi connectivity index (χ1) is 4.85. The second-order valence-electron chi connectivity index (χ2n) is 1.12. The van der Waals surface area contributed by atoms with E-state index in [0.29, 0.717) is 5.00 Å². The Morgan fingerprint density at radius 2 is 2.10 bits per heavy atom. The molecule has 0 unspecified atom stereocenters. The third-order valence-electron chi connectivity index (χ3n) is 0.596. The van der Waals surface area contributed by atoms with E-state index in [0.717, 1.165) is 0 Å². The van der Waals surface area contributed by atoms with Gasteiger partial charge in [-0.15, -0.1) is 21.2 Å². The Morgan fingerprint density at radius 3 is 2.30 bits per heavy atom. The minimum absolute atomic E-state index is 0.542. The molecule has 0 saturated carbocycles. The van der Waals surface area contributed by atoms with Crippen LogP contribution in [0, 0.1) is 9.81 Å². The molecule has 0 bridgehead atoms. The molecule has 1 N–H and O–H groups in total. The third-order valence-corrected chi connectivity index (χ3v) is 1.34. The van der Waals surface area contributed by atoms with Gasteiger partial charge < -0.3 is 5.21 Å². The van der Waals surface area contributed by atoms with Gasteiger partial charge >= 0.3 is 0 Å². The largest absolute Gasteiger partial charge is 0.379 e. The highest BCUT2D eigenvalue weighted by atomic mass is 32.1. The standard InChI is InChI=1S/C4H3NOS.HNO2/c6-5-4-2-1-3-7-4;2-1-3/h1-3H;(H,2,3). The van der Waals surface area contributed by atoms with Gasteiger partial charge in [0.15, 0.2) is 10.3 Å². The lowest BCUT2D eigenvalue weighted by atomic mass is 10.6. The van der Waals surface area contributed by atoms with E-state index in [-0.39, 0.29) is 0 Å². The van der Waals surface area contributed by atoms with Gasteiger partial charge in [0.1, 0.15) is 0 Å². The van der Waals surface area contributed by atoms with Crippen LogP contribution in [0.2, 0.25) is 0 Å². The Hall–Kier alpha value is -1.30. The van der Waals surface area contributed by atoms with Crippen LogP contribution in [-0.4, -0.2) is 5.21 Å². The van der Waals surface area contributed by atoms with E-state index in [1.807, 2.05) is 5.38 Å². The van der Waals surface area contributed by atoms with Gasteiger partial charge in [-0.2, -0.15) is 0 Å². The maximum Gasteiger partial charge on any atom is 0.160 e. The Morgan fingerprint density at radius 1 is 1.50 bits per heavy atom. The summed E-state index contributed by atoms with van der Waals surface area (Å²) < 4.78 is 0. The maximum atomic E-state index is 9.63. The molecule has 1 aromatic heterocycles. The van der Waals surface area contributed by atoms with E-state index in [4.69, 9.17) is 10.1 Å². The summed E-state index contributed by atoms with van der Waals surface area (Å²) in [4.78, 5) is 17.7. The van der Waals surface area contributed by atoms with Gasteiger partial charge in [-0.3, -0.25) is 0 Å². The quantitative estimate of drug-likeness (QED) is 0.505. The molecule has 54 valence electrons. The predicted molar refractivity (Wildman–Crippen MR) is 37.4 cm³/mol. The number of nitroso groups, excluding NO2 is 1. The summed E-state index contributed by atoms with van der Waals surface area (Å²) in [6.07, 6.45) is 0. The lowest BCUT2D eigenvalue weighted by Crippen LogP contribution is -1.35. The molecule has 1 aromatic rings. The van der Waals surface area contributed by atoms with Gasteiger partial charge in [-0.25, -0.2) is 0 Å². The highest BCUT2D eigenvalue weighted by Gasteiger charge is 1.84. The van der Waals surface area contributed by atoms with Crippen LogP contribution in [0.1, 0.15) is 0 Å². The minimum Gasteiger partial charge on any atom is -0.379 e. The summed E-state index contributed by atoms with van der Waals surface area (Å²) in [6, 6.07) is 3.47. The van der Waals surface area contributed by atoms with Crippen LogP contribution < -0.4 is 0 Å². The SMILES string of the molecule is O=NO.O=Nc1cccs1. The van der Waals surface area contributed by atoms with Crippen molar-refractivity contribution in [2.75, 3.05) is 0 Å². The summed E-state index contributed by atoms with van der Waals surface area (Å²) in [5.74, 6) is 0. The molecule has 0 aromatic carbocycles. The Labute approximate surface area is 60.2 Å². The number of thiophene rings is 1. The average Bonchev–Trinajstić information content (AvgIpc) is 2.39. The summed E-state index contributed by atoms with van der Waals surface area (Å²) in [6.45, 7) is 0. The molecular formula is C4H4N2O3S. The lowest BCUT2D eigenvalue weighted by Gasteiger charge is -1.64. The van der Waals surface area contributed by atoms with E-state index >= 15 is 0 Å². The average molecular weight is 160 g/mol. The highest BCUT2D eigenvalue weighted by Crippen LogP contribution is 2.17. The first-order valence-corrected chi connectivity index (χ1v) is 3.06. The minimum atomic E-state index is 0.542. The molecule has 6 heteroatoms. The molecule has 0 aliphatic heterocycles. The second-order valence-corrected chi connectivity index (χ2v) is 2.05. The van der Waals surface area contributed by atoms with Gasteiger partial charge in [-0.1, -0.05) is 0 Å². The van der Waals surface area contributed by atoms with Crippen LogP contribution in [0.15, 0.2) is 28.0 Å². The maximum absolute atomic E-state index is 9.63. The molecule has 0 spiro atoms. The second kappa shape index (κ2) is 5.83. The first kappa shape index (κ1) is 8.70. The zero-order valence-electron chi connectivity index (χ0n) is 4.80. The van der Waals surface area contributed by atoms with E-state index in [2.05, 4.69) is 5.18 Å². The fourth-order valence-corrected chi connectivity index (χ4v) is 0.819. The summed E-state index contributed by atoms with van der Waals surface area (Å²) in [7, 11) is 0. The molecule has 10 heavy (non-hydrogen) atoms. The molecule has 0 aliphatic rings. The van der Waals surface area contributed by atoms with Crippen molar-refractivity contribution in [1.82, 2.24) is 0 Å². The fraction of sp³-hybridized carbons (Fsp3) is 0. The van der Waals surface area contributed by atoms with Crippen molar-refractivity contribution in [3.05, 3.63) is 27.3 Å². The number of rotatable bonds is 1. The van der Waals surface area contributed by atoms with Crippen molar-refractivity contribution in [2.24, 2.45) is 10.5 Å². The van der Waals surface area contributed by atoms with Gasteiger partial charge in [0, 0.05) is 0 Å². The monoisotopic (exact) mass is 160 g/mol. The number of hydrogen-bond donors (Lipinski definition) is 1. The first-order valence-electron chi connectivity index (χ1n) is 2.18. The zero-order valence-corrected chi connectivity index (χ0v) is 5.61. The Bertz CT molecular complexity index is 186. The van der Waals surface area contributed by atoms with Crippen molar-refractivity contribution in [1.29, 1.82) is 0 Å². The zero-order chi connectivity index (χ0) is 7.82. The van der Waals surface area contributed by atoms with Crippen LogP contribution in [0.25, 0.3) is 0 Å². The molecule has 0 atom stereocenters. The summed E-state index contributed by atoms with van der Waals surface area (Å²) in [5.41, 5.74) is 0. The van der Waals surface area contributed by atoms with E-state index < -0.39 is 0 Å². The normalized spacial score (nSPS) is 7.20. The predicted octanol–water partition coefficient (Wildman–Crippen LogP) is 2.29. The molecule has 0 amide bonds. The van der Waals surface area contributed by atoms with Crippen LogP contribution in [0.4, 0.5) is 5.00 Å². The highest BCUT2D eigenvalue weighted by molar-refractivity contribution is 7.13. The van der Waals surface area contributed by atoms with Crippen LogP contribution in [-0.2, 0) is 0 Å². The summed E-state index contributed by atoms with van der Waals surface area (Å²) >= 11 is 1.34. The number of hydrogen-bond acceptors (Lipinski definition) is 5. The molecule has 0 saturated heterocycles. The Kier molecular flexibility index (Phi) is 5.07. The van der Waals surface area contributed by atoms with Crippen LogP contribution >= 0.6 is 11.3 Å². The van der Waals surface area contributed by atoms with E-state index in [1.54, 1.807) is 12.1 Å². The fourth-order valence-electron chi connectivity index (χ4n) is 0.322. The van der Waals surface area contributed by atoms with Crippen molar-refractivity contribution >= 4 is 16.3 Å². The van der Waals surface area contributed by atoms with Crippen LogP contribution in [0.5, 0.6) is 0 Å². The van der Waals surface area contributed by atoms with Crippen molar-refractivity contribution in [3.63, 3.8) is 0 Å². The van der Waals surface area contributed by atoms with Gasteiger partial charge in [-0.05, 0) is 22.7 Å². The van der Waals surface area contributed by atoms with Gasteiger partial charge in [0.05, 0.1) is 0 Å². The molecule has 1 rings (SSSR count). The van der Waals surface area contributed by atoms with Gasteiger partial charge in [0.2, 0.25) is 0 Å². The molecule has 0 fully saturated rings.